The fourth-order valence-corrected chi connectivity index (χ4v) is 3.71. The highest BCUT2D eigenvalue weighted by molar-refractivity contribution is 7.15. The number of carbonyl (C=O) groups is 1. The monoisotopic (exact) mass is 508 g/mol. The molecule has 0 bridgehead atoms. The fourth-order valence-electron chi connectivity index (χ4n) is 2.94. The molecule has 0 spiro atoms. The molecule has 0 unspecified atom stereocenters. The Bertz CT molecular complexity index is 1010. The summed E-state index contributed by atoms with van der Waals surface area (Å²) >= 11 is 1.29. The summed E-state index contributed by atoms with van der Waals surface area (Å²) < 4.78 is 43.5. The van der Waals surface area contributed by atoms with Crippen molar-refractivity contribution in [2.24, 2.45) is 4.99 Å². The van der Waals surface area contributed by atoms with Gasteiger partial charge in [-0.3, -0.25) is 9.79 Å². The number of halogens is 3. The molecular weight excluding hydrogens is 477 g/mol. The third kappa shape index (κ3) is 10.4. The second-order valence-corrected chi connectivity index (χ2v) is 8.77. The topological polar surface area (TPSA) is 75.6 Å². The van der Waals surface area contributed by atoms with Crippen LogP contribution in [0.3, 0.4) is 0 Å². The van der Waals surface area contributed by atoms with E-state index in [4.69, 9.17) is 4.74 Å². The molecule has 10 heteroatoms. The Kier molecular flexibility index (Phi) is 11.6. The summed E-state index contributed by atoms with van der Waals surface area (Å²) in [7, 11) is 0. The molecule has 1 amide bonds. The summed E-state index contributed by atoms with van der Waals surface area (Å²) in [5.41, 5.74) is 0.859. The van der Waals surface area contributed by atoms with Crippen molar-refractivity contribution in [3.05, 3.63) is 64.8 Å². The quantitative estimate of drug-likeness (QED) is 0.130. The molecule has 190 valence electrons. The standard InChI is InChI=1S/C25H31F3N4O2S/c1-4-13-34-14-7-6-8-18(3)15-22(29-5-2)23(33)30-16-21-17-31-24(35-21)32-20-11-9-19(10-12-20)25(26,27)28/h5,9-12,15,17H,3-4,6-8,13-14,16H2,1-2H3,(H,30,33)(H,31,32)/b22-15-,29-5?. The van der Waals surface area contributed by atoms with Crippen LogP contribution in [0.5, 0.6) is 0 Å². The minimum atomic E-state index is -4.38. The molecule has 0 aliphatic heterocycles. The summed E-state index contributed by atoms with van der Waals surface area (Å²) in [5.74, 6) is -0.332. The van der Waals surface area contributed by atoms with Crippen molar-refractivity contribution < 1.29 is 22.7 Å². The van der Waals surface area contributed by atoms with Crippen LogP contribution in [-0.2, 0) is 22.3 Å². The van der Waals surface area contributed by atoms with Crippen molar-refractivity contribution in [2.75, 3.05) is 18.5 Å². The lowest BCUT2D eigenvalue weighted by Crippen LogP contribution is -2.23. The van der Waals surface area contributed by atoms with Gasteiger partial charge in [-0.1, -0.05) is 30.4 Å². The average Bonchev–Trinajstić information content (AvgIpc) is 3.26. The van der Waals surface area contributed by atoms with E-state index in [1.54, 1.807) is 25.4 Å². The molecule has 0 radical (unpaired) electrons. The van der Waals surface area contributed by atoms with Gasteiger partial charge in [-0.2, -0.15) is 13.2 Å². The number of benzene rings is 1. The van der Waals surface area contributed by atoms with Crippen molar-refractivity contribution in [3.8, 4) is 0 Å². The molecule has 0 saturated carbocycles. The molecule has 1 heterocycles. The molecule has 1 aromatic heterocycles. The van der Waals surface area contributed by atoms with E-state index in [1.165, 1.54) is 23.5 Å². The normalized spacial score (nSPS) is 12.2. The first-order valence-electron chi connectivity index (χ1n) is 11.4. The molecule has 0 saturated heterocycles. The Hall–Kier alpha value is -2.98. The number of alkyl halides is 3. The number of ether oxygens (including phenoxy) is 1. The summed E-state index contributed by atoms with van der Waals surface area (Å²) in [6.07, 6.45) is 4.06. The summed E-state index contributed by atoms with van der Waals surface area (Å²) in [6.45, 7) is 9.55. The molecule has 2 aromatic rings. The van der Waals surface area contributed by atoms with Crippen LogP contribution < -0.4 is 10.6 Å². The first kappa shape index (κ1) is 28.3. The molecular formula is C25H31F3N4O2S. The highest BCUT2D eigenvalue weighted by Crippen LogP contribution is 2.31. The second-order valence-electron chi connectivity index (χ2n) is 7.66. The molecule has 6 nitrogen and oxygen atoms in total. The van der Waals surface area contributed by atoms with Crippen LogP contribution in [0.4, 0.5) is 24.0 Å². The molecule has 2 N–H and O–H groups in total. The van der Waals surface area contributed by atoms with Gasteiger partial charge < -0.3 is 15.4 Å². The lowest BCUT2D eigenvalue weighted by Gasteiger charge is -2.08. The van der Waals surface area contributed by atoms with Crippen LogP contribution in [-0.4, -0.2) is 30.3 Å². The first-order chi connectivity index (χ1) is 16.7. The Labute approximate surface area is 208 Å². The minimum Gasteiger partial charge on any atom is -0.381 e. The number of thiazole rings is 1. The number of nitrogens with zero attached hydrogens (tertiary/aromatic N) is 2. The van der Waals surface area contributed by atoms with Crippen LogP contribution in [0.25, 0.3) is 0 Å². The van der Waals surface area contributed by atoms with Gasteiger partial charge in [0.05, 0.1) is 12.1 Å². The summed E-state index contributed by atoms with van der Waals surface area (Å²) in [6, 6.07) is 4.70. The van der Waals surface area contributed by atoms with Crippen LogP contribution in [0, 0.1) is 0 Å². The zero-order chi connectivity index (χ0) is 25.7. The first-order valence-corrected chi connectivity index (χ1v) is 12.2. The van der Waals surface area contributed by atoms with Gasteiger partial charge in [-0.05, 0) is 62.9 Å². The number of hydrogen-bond donors (Lipinski definition) is 2. The van der Waals surface area contributed by atoms with Gasteiger partial charge in [-0.25, -0.2) is 4.98 Å². The smallest absolute Gasteiger partial charge is 0.381 e. The molecule has 0 aliphatic rings. The third-order valence-electron chi connectivity index (χ3n) is 4.67. The van der Waals surface area contributed by atoms with E-state index in [0.29, 0.717) is 10.8 Å². The van der Waals surface area contributed by atoms with Gasteiger partial charge >= 0.3 is 6.18 Å². The molecule has 0 fully saturated rings. The van der Waals surface area contributed by atoms with Gasteiger partial charge in [0, 0.05) is 36.2 Å². The number of unbranched alkanes of at least 4 members (excludes halogenated alkanes) is 1. The van der Waals surface area contributed by atoms with E-state index in [2.05, 4.69) is 34.1 Å². The van der Waals surface area contributed by atoms with Crippen LogP contribution in [0.1, 0.15) is 50.0 Å². The molecule has 0 atom stereocenters. The average molecular weight is 509 g/mol. The highest BCUT2D eigenvalue weighted by atomic mass is 32.1. The van der Waals surface area contributed by atoms with E-state index in [1.807, 2.05) is 0 Å². The summed E-state index contributed by atoms with van der Waals surface area (Å²) in [5, 5.41) is 6.29. The Morgan fingerprint density at radius 3 is 2.63 bits per heavy atom. The van der Waals surface area contributed by atoms with E-state index >= 15 is 0 Å². The lowest BCUT2D eigenvalue weighted by molar-refractivity contribution is -0.137. The largest absolute Gasteiger partial charge is 0.416 e. The molecule has 1 aromatic carbocycles. The van der Waals surface area contributed by atoms with E-state index < -0.39 is 11.7 Å². The fraction of sp³-hybridized carbons (Fsp3) is 0.400. The van der Waals surface area contributed by atoms with Crippen LogP contribution >= 0.6 is 11.3 Å². The van der Waals surface area contributed by atoms with Gasteiger partial charge in [0.25, 0.3) is 5.91 Å². The predicted molar refractivity (Wildman–Crippen MR) is 135 cm³/mol. The Balaban J connectivity index is 1.86. The molecule has 2 rings (SSSR count). The second kappa shape index (κ2) is 14.4. The number of carbonyl (C=O) groups excluding carboxylic acids is 1. The molecule has 35 heavy (non-hydrogen) atoms. The van der Waals surface area contributed by atoms with Crippen molar-refractivity contribution in [3.63, 3.8) is 0 Å². The number of allylic oxidation sites excluding steroid dienone is 2. The minimum absolute atomic E-state index is 0.239. The van der Waals surface area contributed by atoms with Crippen LogP contribution in [0.2, 0.25) is 0 Å². The van der Waals surface area contributed by atoms with E-state index in [-0.39, 0.29) is 18.1 Å². The predicted octanol–water partition coefficient (Wildman–Crippen LogP) is 6.65. The van der Waals surface area contributed by atoms with E-state index in [0.717, 1.165) is 61.5 Å². The third-order valence-corrected chi connectivity index (χ3v) is 5.58. The lowest BCUT2D eigenvalue weighted by atomic mass is 10.1. The van der Waals surface area contributed by atoms with Crippen LogP contribution in [0.15, 0.2) is 59.4 Å². The van der Waals surface area contributed by atoms with Crippen molar-refractivity contribution in [1.82, 2.24) is 10.3 Å². The Morgan fingerprint density at radius 2 is 1.97 bits per heavy atom. The number of aromatic nitrogens is 1. The molecule has 0 aliphatic carbocycles. The van der Waals surface area contributed by atoms with Gasteiger partial charge in [0.1, 0.15) is 5.70 Å². The number of anilines is 2. The number of hydrogen-bond acceptors (Lipinski definition) is 6. The van der Waals surface area contributed by atoms with Crippen molar-refractivity contribution in [2.45, 2.75) is 52.3 Å². The number of nitrogens with one attached hydrogen (secondary N) is 2. The zero-order valence-electron chi connectivity index (χ0n) is 20.0. The van der Waals surface area contributed by atoms with Gasteiger partial charge in [0.2, 0.25) is 0 Å². The van der Waals surface area contributed by atoms with Gasteiger partial charge in [-0.15, -0.1) is 0 Å². The number of rotatable bonds is 14. The van der Waals surface area contributed by atoms with Crippen molar-refractivity contribution >= 4 is 34.3 Å². The number of amides is 1. The van der Waals surface area contributed by atoms with Gasteiger partial charge in [0.15, 0.2) is 5.13 Å². The zero-order valence-corrected chi connectivity index (χ0v) is 20.8. The SMILES string of the molecule is C=C(/C=C(\N=CC)C(=O)NCc1cnc(Nc2ccc(C(F)(F)F)cc2)s1)CCCCOCCC. The van der Waals surface area contributed by atoms with Crippen molar-refractivity contribution in [1.29, 1.82) is 0 Å². The maximum Gasteiger partial charge on any atom is 0.416 e. The maximum absolute atomic E-state index is 12.7. The Morgan fingerprint density at radius 1 is 1.23 bits per heavy atom. The summed E-state index contributed by atoms with van der Waals surface area (Å²) in [4.78, 5) is 21.8. The number of aliphatic imine (C=N–C) groups is 1. The highest BCUT2D eigenvalue weighted by Gasteiger charge is 2.29. The maximum atomic E-state index is 12.7. The van der Waals surface area contributed by atoms with E-state index in [9.17, 15) is 18.0 Å².